The second-order valence-electron chi connectivity index (χ2n) is 6.23. The Morgan fingerprint density at radius 1 is 1.10 bits per heavy atom. The van der Waals surface area contributed by atoms with Gasteiger partial charge in [-0.2, -0.15) is 0 Å². The van der Waals surface area contributed by atoms with Crippen LogP contribution in [-0.2, 0) is 4.79 Å². The number of halogens is 2. The third-order valence-corrected chi connectivity index (χ3v) is 4.22. The van der Waals surface area contributed by atoms with Gasteiger partial charge in [0.1, 0.15) is 0 Å². The zero-order chi connectivity index (χ0) is 13.1. The van der Waals surface area contributed by atoms with E-state index >= 15 is 0 Å². The standard InChI is InChI=1S/C14H27N3O.2ClH/c1-11(2)10-16-4-6-17(7-5-16)14(18)12(3)13-8-15-9-13;;/h11-13,15H,4-10H2,1-3H3;2*1H. The van der Waals surface area contributed by atoms with E-state index in [2.05, 4.69) is 35.9 Å². The number of amides is 1. The van der Waals surface area contributed by atoms with Crippen molar-refractivity contribution in [2.75, 3.05) is 45.8 Å². The Kier molecular flexibility index (Phi) is 9.07. The van der Waals surface area contributed by atoms with E-state index in [4.69, 9.17) is 0 Å². The quantitative estimate of drug-likeness (QED) is 0.850. The second-order valence-corrected chi connectivity index (χ2v) is 6.23. The van der Waals surface area contributed by atoms with Gasteiger partial charge in [-0.1, -0.05) is 20.8 Å². The second kappa shape index (κ2) is 9.08. The minimum absolute atomic E-state index is 0. The fraction of sp³-hybridized carbons (Fsp3) is 0.929. The largest absolute Gasteiger partial charge is 0.340 e. The molecule has 1 atom stereocenters. The molecule has 1 N–H and O–H groups in total. The first-order chi connectivity index (χ1) is 8.58. The maximum absolute atomic E-state index is 12.3. The van der Waals surface area contributed by atoms with Crippen LogP contribution in [0.4, 0.5) is 0 Å². The molecular weight excluding hydrogens is 297 g/mol. The van der Waals surface area contributed by atoms with Gasteiger partial charge in [0.15, 0.2) is 0 Å². The average Bonchev–Trinajstić information content (AvgIpc) is 2.26. The number of carbonyl (C=O) groups excluding carboxylic acids is 1. The van der Waals surface area contributed by atoms with Gasteiger partial charge < -0.3 is 10.2 Å². The maximum Gasteiger partial charge on any atom is 0.225 e. The predicted octanol–water partition coefficient (Wildman–Crippen LogP) is 1.49. The van der Waals surface area contributed by atoms with Crippen molar-refractivity contribution in [3.05, 3.63) is 0 Å². The summed E-state index contributed by atoms with van der Waals surface area (Å²) in [5, 5.41) is 3.25. The van der Waals surface area contributed by atoms with E-state index < -0.39 is 0 Å². The Morgan fingerprint density at radius 2 is 1.65 bits per heavy atom. The molecule has 0 saturated carbocycles. The van der Waals surface area contributed by atoms with Crippen molar-refractivity contribution in [2.24, 2.45) is 17.8 Å². The molecule has 2 heterocycles. The molecule has 20 heavy (non-hydrogen) atoms. The van der Waals surface area contributed by atoms with Gasteiger partial charge in [-0.25, -0.2) is 0 Å². The fourth-order valence-electron chi connectivity index (χ4n) is 2.82. The number of carbonyl (C=O) groups is 1. The highest BCUT2D eigenvalue weighted by Crippen LogP contribution is 2.19. The molecule has 0 radical (unpaired) electrons. The lowest BCUT2D eigenvalue weighted by Gasteiger charge is -2.39. The van der Waals surface area contributed by atoms with Gasteiger partial charge in [-0.05, 0) is 24.9 Å². The molecule has 1 amide bonds. The SMILES string of the molecule is CC(C)CN1CCN(C(=O)C(C)C2CNC2)CC1.Cl.Cl. The monoisotopic (exact) mass is 325 g/mol. The minimum Gasteiger partial charge on any atom is -0.340 e. The minimum atomic E-state index is 0. The molecule has 4 nitrogen and oxygen atoms in total. The van der Waals surface area contributed by atoms with E-state index in [1.54, 1.807) is 0 Å². The molecule has 2 saturated heterocycles. The molecular formula is C14H29Cl2N3O. The number of piperazine rings is 1. The number of nitrogens with zero attached hydrogens (tertiary/aromatic N) is 2. The van der Waals surface area contributed by atoms with Crippen molar-refractivity contribution in [3.8, 4) is 0 Å². The molecule has 1 unspecified atom stereocenters. The molecule has 6 heteroatoms. The zero-order valence-corrected chi connectivity index (χ0v) is 14.4. The van der Waals surface area contributed by atoms with E-state index in [9.17, 15) is 4.79 Å². The molecule has 0 aromatic heterocycles. The lowest BCUT2D eigenvalue weighted by atomic mass is 9.88. The summed E-state index contributed by atoms with van der Waals surface area (Å²) < 4.78 is 0. The van der Waals surface area contributed by atoms with Gasteiger partial charge in [0, 0.05) is 38.6 Å². The highest BCUT2D eigenvalue weighted by molar-refractivity contribution is 5.85. The summed E-state index contributed by atoms with van der Waals surface area (Å²) in [6, 6.07) is 0. The normalized spacial score (nSPS) is 21.7. The molecule has 2 rings (SSSR count). The summed E-state index contributed by atoms with van der Waals surface area (Å²) in [6.07, 6.45) is 0. The summed E-state index contributed by atoms with van der Waals surface area (Å²) in [5.41, 5.74) is 0. The topological polar surface area (TPSA) is 35.6 Å². The van der Waals surface area contributed by atoms with Crippen LogP contribution in [0.2, 0.25) is 0 Å². The Hall–Kier alpha value is -0.0300. The van der Waals surface area contributed by atoms with Crippen LogP contribution in [0.15, 0.2) is 0 Å². The Labute approximate surface area is 135 Å². The van der Waals surface area contributed by atoms with E-state index in [1.807, 2.05) is 0 Å². The first kappa shape index (κ1) is 20.0. The number of hydrogen-bond donors (Lipinski definition) is 1. The number of rotatable bonds is 4. The van der Waals surface area contributed by atoms with Crippen LogP contribution in [0, 0.1) is 17.8 Å². The Balaban J connectivity index is 0.00000180. The van der Waals surface area contributed by atoms with Gasteiger partial charge in [-0.15, -0.1) is 24.8 Å². The van der Waals surface area contributed by atoms with Gasteiger partial charge in [0.2, 0.25) is 5.91 Å². The average molecular weight is 326 g/mol. The van der Waals surface area contributed by atoms with Crippen LogP contribution >= 0.6 is 24.8 Å². The summed E-state index contributed by atoms with van der Waals surface area (Å²) in [5.74, 6) is 1.84. The first-order valence-corrected chi connectivity index (χ1v) is 7.29. The molecule has 2 fully saturated rings. The van der Waals surface area contributed by atoms with Gasteiger partial charge in [0.25, 0.3) is 0 Å². The summed E-state index contributed by atoms with van der Waals surface area (Å²) in [7, 11) is 0. The highest BCUT2D eigenvalue weighted by atomic mass is 35.5. The molecule has 0 aromatic carbocycles. The van der Waals surface area contributed by atoms with Crippen molar-refractivity contribution in [2.45, 2.75) is 20.8 Å². The summed E-state index contributed by atoms with van der Waals surface area (Å²) in [6.45, 7) is 13.7. The van der Waals surface area contributed by atoms with Crippen LogP contribution in [0.5, 0.6) is 0 Å². The summed E-state index contributed by atoms with van der Waals surface area (Å²) in [4.78, 5) is 16.9. The van der Waals surface area contributed by atoms with E-state index in [0.717, 1.165) is 45.8 Å². The van der Waals surface area contributed by atoms with Gasteiger partial charge in [-0.3, -0.25) is 9.69 Å². The van der Waals surface area contributed by atoms with E-state index in [-0.39, 0.29) is 30.7 Å². The van der Waals surface area contributed by atoms with Crippen molar-refractivity contribution >= 4 is 30.7 Å². The van der Waals surface area contributed by atoms with Crippen molar-refractivity contribution in [1.29, 1.82) is 0 Å². The Bertz CT molecular complexity index is 290. The molecule has 0 aromatic rings. The number of hydrogen-bond acceptors (Lipinski definition) is 3. The van der Waals surface area contributed by atoms with Crippen LogP contribution in [-0.4, -0.2) is 61.5 Å². The highest BCUT2D eigenvalue weighted by Gasteiger charge is 2.32. The third-order valence-electron chi connectivity index (χ3n) is 4.22. The van der Waals surface area contributed by atoms with Crippen LogP contribution < -0.4 is 5.32 Å². The van der Waals surface area contributed by atoms with Crippen molar-refractivity contribution in [3.63, 3.8) is 0 Å². The molecule has 2 aliphatic rings. The smallest absolute Gasteiger partial charge is 0.225 e. The molecule has 0 bridgehead atoms. The maximum atomic E-state index is 12.3. The lowest BCUT2D eigenvalue weighted by molar-refractivity contribution is -0.139. The van der Waals surface area contributed by atoms with E-state index in [0.29, 0.717) is 17.7 Å². The van der Waals surface area contributed by atoms with Crippen LogP contribution in [0.1, 0.15) is 20.8 Å². The van der Waals surface area contributed by atoms with Crippen molar-refractivity contribution < 1.29 is 4.79 Å². The van der Waals surface area contributed by atoms with Gasteiger partial charge >= 0.3 is 0 Å². The van der Waals surface area contributed by atoms with Gasteiger partial charge in [0.05, 0.1) is 0 Å². The van der Waals surface area contributed by atoms with Crippen LogP contribution in [0.25, 0.3) is 0 Å². The van der Waals surface area contributed by atoms with Crippen molar-refractivity contribution in [1.82, 2.24) is 15.1 Å². The molecule has 0 aliphatic carbocycles. The number of nitrogens with one attached hydrogen (secondary N) is 1. The molecule has 0 spiro atoms. The predicted molar refractivity (Wildman–Crippen MR) is 87.9 cm³/mol. The van der Waals surface area contributed by atoms with Crippen LogP contribution in [0.3, 0.4) is 0 Å². The fourth-order valence-corrected chi connectivity index (χ4v) is 2.82. The summed E-state index contributed by atoms with van der Waals surface area (Å²) >= 11 is 0. The molecule has 120 valence electrons. The molecule has 2 aliphatic heterocycles. The third kappa shape index (κ3) is 5.06. The first-order valence-electron chi connectivity index (χ1n) is 7.29. The Morgan fingerprint density at radius 3 is 2.05 bits per heavy atom. The lowest BCUT2D eigenvalue weighted by Crippen LogP contribution is -2.54. The van der Waals surface area contributed by atoms with E-state index in [1.165, 1.54) is 0 Å². The zero-order valence-electron chi connectivity index (χ0n) is 12.8.